The number of hydrogen-bond donors (Lipinski definition) is 2. The van der Waals surface area contributed by atoms with E-state index in [-0.39, 0.29) is 24.3 Å². The van der Waals surface area contributed by atoms with Gasteiger partial charge in [0, 0.05) is 39.0 Å². The highest BCUT2D eigenvalue weighted by atomic mass is 16.4. The van der Waals surface area contributed by atoms with Crippen LogP contribution in [-0.4, -0.2) is 64.5 Å². The molecule has 7 heteroatoms. The van der Waals surface area contributed by atoms with Crippen LogP contribution in [0.15, 0.2) is 36.4 Å². The van der Waals surface area contributed by atoms with Crippen LogP contribution in [0.3, 0.4) is 0 Å². The Balaban J connectivity index is 1.90. The van der Waals surface area contributed by atoms with E-state index in [0.717, 1.165) is 25.7 Å². The fourth-order valence-electron chi connectivity index (χ4n) is 3.62. The zero-order chi connectivity index (χ0) is 22.1. The van der Waals surface area contributed by atoms with E-state index in [4.69, 9.17) is 5.11 Å². The third kappa shape index (κ3) is 6.99. The molecule has 1 aliphatic heterocycles. The van der Waals surface area contributed by atoms with Gasteiger partial charge in [0.25, 0.3) is 5.91 Å². The number of aliphatic carboxylic acids is 1. The highest BCUT2D eigenvalue weighted by Gasteiger charge is 2.28. The lowest BCUT2D eigenvalue weighted by Crippen LogP contribution is -2.32. The monoisotopic (exact) mass is 416 g/mol. The minimum atomic E-state index is -0.853. The average molecular weight is 417 g/mol. The summed E-state index contributed by atoms with van der Waals surface area (Å²) in [7, 11) is 3.37. The van der Waals surface area contributed by atoms with Crippen LogP contribution in [0.2, 0.25) is 0 Å². The normalized spacial score (nSPS) is 17.5. The number of aliphatic hydroxyl groups is 1. The topological polar surface area (TPSA) is 98.2 Å². The van der Waals surface area contributed by atoms with Crippen LogP contribution in [0.25, 0.3) is 0 Å². The number of carbonyl (C=O) groups is 3. The lowest BCUT2D eigenvalue weighted by molar-refractivity contribution is -0.137. The summed E-state index contributed by atoms with van der Waals surface area (Å²) < 4.78 is 0. The number of unbranched alkanes of at least 4 members (excludes halogenated alkanes) is 3. The second kappa shape index (κ2) is 11.5. The molecule has 2 amide bonds. The molecule has 0 radical (unpaired) electrons. The lowest BCUT2D eigenvalue weighted by Gasteiger charge is -2.22. The Hall–Kier alpha value is -2.67. The van der Waals surface area contributed by atoms with E-state index in [1.165, 1.54) is 4.90 Å². The van der Waals surface area contributed by atoms with Gasteiger partial charge in [-0.15, -0.1) is 0 Å². The smallest absolute Gasteiger partial charge is 0.303 e. The van der Waals surface area contributed by atoms with Crippen molar-refractivity contribution in [1.82, 2.24) is 9.80 Å². The van der Waals surface area contributed by atoms with Crippen LogP contribution in [0.5, 0.6) is 0 Å². The molecule has 30 heavy (non-hydrogen) atoms. The average Bonchev–Trinajstić information content (AvgIpc) is 3.07. The van der Waals surface area contributed by atoms with Gasteiger partial charge in [0.05, 0.1) is 12.1 Å². The number of aliphatic hydroxyl groups excluding tert-OH is 1. The third-order valence-electron chi connectivity index (χ3n) is 5.31. The summed E-state index contributed by atoms with van der Waals surface area (Å²) in [5, 5.41) is 19.2. The molecule has 2 N–H and O–H groups in total. The van der Waals surface area contributed by atoms with Crippen molar-refractivity contribution in [3.8, 4) is 0 Å². The van der Waals surface area contributed by atoms with Crippen molar-refractivity contribution in [3.63, 3.8) is 0 Å². The molecule has 1 heterocycles. The summed E-state index contributed by atoms with van der Waals surface area (Å²) >= 11 is 0. The van der Waals surface area contributed by atoms with Crippen LogP contribution in [-0.2, 0) is 9.59 Å². The molecular weight excluding hydrogens is 384 g/mol. The maximum absolute atomic E-state index is 12.2. The largest absolute Gasteiger partial charge is 0.481 e. The van der Waals surface area contributed by atoms with Gasteiger partial charge >= 0.3 is 5.97 Å². The molecule has 1 aliphatic rings. The van der Waals surface area contributed by atoms with Gasteiger partial charge in [0.15, 0.2) is 0 Å². The molecule has 1 aromatic carbocycles. The van der Waals surface area contributed by atoms with Gasteiger partial charge in [0.1, 0.15) is 0 Å². The summed E-state index contributed by atoms with van der Waals surface area (Å²) in [6.45, 7) is 0.643. The molecule has 0 aromatic heterocycles. The molecule has 7 nitrogen and oxygen atoms in total. The number of amides is 2. The lowest BCUT2D eigenvalue weighted by atomic mass is 10.0. The number of rotatable bonds is 11. The Labute approximate surface area is 178 Å². The molecule has 2 atom stereocenters. The first kappa shape index (κ1) is 23.6. The van der Waals surface area contributed by atoms with Crippen LogP contribution >= 0.6 is 0 Å². The number of benzene rings is 1. The third-order valence-corrected chi connectivity index (χ3v) is 5.31. The minimum Gasteiger partial charge on any atom is -0.481 e. The molecule has 0 aliphatic carbocycles. The molecule has 1 aromatic rings. The summed E-state index contributed by atoms with van der Waals surface area (Å²) in [5.74, 6) is -0.780. The van der Waals surface area contributed by atoms with Crippen molar-refractivity contribution < 1.29 is 24.6 Å². The predicted molar refractivity (Wildman–Crippen MR) is 114 cm³/mol. The van der Waals surface area contributed by atoms with Crippen molar-refractivity contribution in [2.75, 3.05) is 20.6 Å². The van der Waals surface area contributed by atoms with Crippen LogP contribution in [0, 0.1) is 0 Å². The Bertz CT molecular complexity index is 775. The van der Waals surface area contributed by atoms with Gasteiger partial charge in [-0.2, -0.15) is 0 Å². The highest BCUT2D eigenvalue weighted by molar-refractivity contribution is 5.94. The number of carboxylic acid groups (broad SMARTS) is 1. The standard InChI is InChI=1S/C23H32N2O5/c1-24(2)23(30)18-9-7-8-17(16-18)20(26)13-11-19-12-14-21(27)25(19)15-6-4-3-5-10-22(28)29/h7-9,11,13,16,19-20,26H,3-6,10,12,14-15H2,1-2H3,(H,28,29). The zero-order valence-electron chi connectivity index (χ0n) is 17.8. The maximum Gasteiger partial charge on any atom is 0.303 e. The molecule has 1 saturated heterocycles. The number of likely N-dealkylation sites (tertiary alicyclic amines) is 1. The summed E-state index contributed by atoms with van der Waals surface area (Å²) in [4.78, 5) is 38.2. The summed E-state index contributed by atoms with van der Waals surface area (Å²) in [6, 6.07) is 6.88. The first-order valence-electron chi connectivity index (χ1n) is 10.5. The Morgan fingerprint density at radius 3 is 2.67 bits per heavy atom. The van der Waals surface area contributed by atoms with Gasteiger partial charge in [-0.25, -0.2) is 0 Å². The van der Waals surface area contributed by atoms with Crippen molar-refractivity contribution in [1.29, 1.82) is 0 Å². The van der Waals surface area contributed by atoms with E-state index in [1.807, 2.05) is 11.0 Å². The highest BCUT2D eigenvalue weighted by Crippen LogP contribution is 2.23. The Morgan fingerprint density at radius 2 is 1.97 bits per heavy atom. The van der Waals surface area contributed by atoms with Crippen molar-refractivity contribution in [3.05, 3.63) is 47.5 Å². The second-order valence-corrected chi connectivity index (χ2v) is 7.91. The van der Waals surface area contributed by atoms with E-state index in [2.05, 4.69) is 0 Å². The van der Waals surface area contributed by atoms with E-state index in [9.17, 15) is 19.5 Å². The molecule has 0 saturated carbocycles. The quantitative estimate of drug-likeness (QED) is 0.427. The number of nitrogens with zero attached hydrogens (tertiary/aromatic N) is 2. The van der Waals surface area contributed by atoms with Gasteiger partial charge in [-0.1, -0.05) is 37.1 Å². The predicted octanol–water partition coefficient (Wildman–Crippen LogP) is 3.00. The molecular formula is C23H32N2O5. The summed E-state index contributed by atoms with van der Waals surface area (Å²) in [5.41, 5.74) is 1.15. The van der Waals surface area contributed by atoms with Crippen LogP contribution in [0.1, 0.15) is 67.0 Å². The maximum atomic E-state index is 12.2. The second-order valence-electron chi connectivity index (χ2n) is 7.91. The molecule has 0 spiro atoms. The Kier molecular flexibility index (Phi) is 9.05. The molecule has 1 fully saturated rings. The fraction of sp³-hybridized carbons (Fsp3) is 0.522. The molecule has 2 rings (SSSR count). The number of hydrogen-bond acceptors (Lipinski definition) is 4. The first-order chi connectivity index (χ1) is 14.3. The van der Waals surface area contributed by atoms with Gasteiger partial charge in [0.2, 0.25) is 5.91 Å². The first-order valence-corrected chi connectivity index (χ1v) is 10.5. The molecule has 0 bridgehead atoms. The molecule has 164 valence electrons. The van der Waals surface area contributed by atoms with Crippen molar-refractivity contribution in [2.24, 2.45) is 0 Å². The van der Waals surface area contributed by atoms with Crippen LogP contribution in [0.4, 0.5) is 0 Å². The summed E-state index contributed by atoms with van der Waals surface area (Å²) in [6.07, 6.45) is 7.35. The number of carboxylic acids is 1. The van der Waals surface area contributed by atoms with E-state index in [1.54, 1.807) is 44.4 Å². The van der Waals surface area contributed by atoms with E-state index >= 15 is 0 Å². The SMILES string of the molecule is CN(C)C(=O)c1cccc(C(O)C=CC2CCC(=O)N2CCCCCCC(=O)O)c1. The van der Waals surface area contributed by atoms with Crippen LogP contribution < -0.4 is 0 Å². The molecule has 2 unspecified atom stereocenters. The van der Waals surface area contributed by atoms with Gasteiger partial charge in [-0.3, -0.25) is 14.4 Å². The minimum absolute atomic E-state index is 0.0437. The van der Waals surface area contributed by atoms with Crippen molar-refractivity contribution >= 4 is 17.8 Å². The zero-order valence-corrected chi connectivity index (χ0v) is 17.8. The number of carbonyl (C=O) groups excluding carboxylic acids is 2. The van der Waals surface area contributed by atoms with Gasteiger partial charge < -0.3 is 20.0 Å². The fourth-order valence-corrected chi connectivity index (χ4v) is 3.62. The Morgan fingerprint density at radius 1 is 1.23 bits per heavy atom. The van der Waals surface area contributed by atoms with Crippen molar-refractivity contribution in [2.45, 2.75) is 57.1 Å². The van der Waals surface area contributed by atoms with E-state index in [0.29, 0.717) is 30.5 Å². The van der Waals surface area contributed by atoms with E-state index < -0.39 is 12.1 Å². The van der Waals surface area contributed by atoms with Gasteiger partial charge in [-0.05, 0) is 37.0 Å².